The number of anilines is 3. The molecule has 1 saturated heterocycles. The SMILES string of the molecule is CCc1ccccc1Nc1nc(C)cc(N2CCN(C=O)CC2)n1. The Morgan fingerprint density at radius 1 is 1.17 bits per heavy atom. The zero-order chi connectivity index (χ0) is 16.9. The van der Waals surface area contributed by atoms with Crippen LogP contribution in [0.25, 0.3) is 0 Å². The molecule has 0 radical (unpaired) electrons. The quantitative estimate of drug-likeness (QED) is 0.855. The van der Waals surface area contributed by atoms with Gasteiger partial charge in [0.15, 0.2) is 0 Å². The van der Waals surface area contributed by atoms with Crippen molar-refractivity contribution in [3.05, 3.63) is 41.6 Å². The van der Waals surface area contributed by atoms with E-state index in [-0.39, 0.29) is 0 Å². The van der Waals surface area contributed by atoms with E-state index in [4.69, 9.17) is 0 Å². The maximum Gasteiger partial charge on any atom is 0.229 e. The lowest BCUT2D eigenvalue weighted by Gasteiger charge is -2.33. The van der Waals surface area contributed by atoms with Gasteiger partial charge in [-0.1, -0.05) is 25.1 Å². The summed E-state index contributed by atoms with van der Waals surface area (Å²) >= 11 is 0. The van der Waals surface area contributed by atoms with Crippen molar-refractivity contribution in [1.82, 2.24) is 14.9 Å². The van der Waals surface area contributed by atoms with Crippen LogP contribution in [-0.2, 0) is 11.2 Å². The van der Waals surface area contributed by atoms with Crippen LogP contribution in [0.2, 0.25) is 0 Å². The van der Waals surface area contributed by atoms with E-state index in [9.17, 15) is 4.79 Å². The number of rotatable bonds is 5. The van der Waals surface area contributed by atoms with Crippen LogP contribution in [0.4, 0.5) is 17.5 Å². The molecule has 0 atom stereocenters. The van der Waals surface area contributed by atoms with Crippen molar-refractivity contribution in [1.29, 1.82) is 0 Å². The second-order valence-corrected chi connectivity index (χ2v) is 5.96. The van der Waals surface area contributed by atoms with Crippen LogP contribution in [0, 0.1) is 6.92 Å². The van der Waals surface area contributed by atoms with Crippen molar-refractivity contribution in [3.8, 4) is 0 Å². The minimum absolute atomic E-state index is 0.615. The highest BCUT2D eigenvalue weighted by Gasteiger charge is 2.18. The van der Waals surface area contributed by atoms with Gasteiger partial charge < -0.3 is 15.1 Å². The third-order valence-corrected chi connectivity index (χ3v) is 4.27. The molecule has 1 N–H and O–H groups in total. The zero-order valence-corrected chi connectivity index (χ0v) is 14.2. The van der Waals surface area contributed by atoms with E-state index in [1.54, 1.807) is 4.90 Å². The summed E-state index contributed by atoms with van der Waals surface area (Å²) in [5.41, 5.74) is 3.21. The van der Waals surface area contributed by atoms with E-state index in [1.165, 1.54) is 5.56 Å². The number of hydrogen-bond donors (Lipinski definition) is 1. The fraction of sp³-hybridized carbons (Fsp3) is 0.389. The average Bonchev–Trinajstić information content (AvgIpc) is 2.62. The average molecular weight is 325 g/mol. The van der Waals surface area contributed by atoms with Gasteiger partial charge in [-0.05, 0) is 25.0 Å². The number of carbonyl (C=O) groups excluding carboxylic acids is 1. The Morgan fingerprint density at radius 2 is 1.92 bits per heavy atom. The van der Waals surface area contributed by atoms with Crippen molar-refractivity contribution >= 4 is 23.9 Å². The first-order valence-electron chi connectivity index (χ1n) is 8.34. The fourth-order valence-electron chi connectivity index (χ4n) is 2.90. The minimum Gasteiger partial charge on any atom is -0.353 e. The standard InChI is InChI=1S/C18H23N5O/c1-3-15-6-4-5-7-16(15)20-18-19-14(2)12-17(21-18)23-10-8-22(13-24)9-11-23/h4-7,12-13H,3,8-11H2,1-2H3,(H,19,20,21). The number of carbonyl (C=O) groups is 1. The third kappa shape index (κ3) is 3.64. The molecule has 24 heavy (non-hydrogen) atoms. The van der Waals surface area contributed by atoms with Crippen LogP contribution in [-0.4, -0.2) is 47.5 Å². The topological polar surface area (TPSA) is 61.4 Å². The van der Waals surface area contributed by atoms with Gasteiger partial charge in [-0.15, -0.1) is 0 Å². The van der Waals surface area contributed by atoms with Crippen LogP contribution in [0.5, 0.6) is 0 Å². The molecule has 6 heteroatoms. The molecule has 1 aromatic heterocycles. The van der Waals surface area contributed by atoms with Crippen LogP contribution >= 0.6 is 0 Å². The molecular formula is C18H23N5O. The molecule has 0 bridgehead atoms. The van der Waals surface area contributed by atoms with E-state index in [2.05, 4.69) is 33.2 Å². The summed E-state index contributed by atoms with van der Waals surface area (Å²) in [6, 6.07) is 10.2. The molecule has 1 fully saturated rings. The largest absolute Gasteiger partial charge is 0.353 e. The summed E-state index contributed by atoms with van der Waals surface area (Å²) < 4.78 is 0. The van der Waals surface area contributed by atoms with Gasteiger partial charge >= 0.3 is 0 Å². The van der Waals surface area contributed by atoms with E-state index in [0.717, 1.165) is 56.2 Å². The number of nitrogens with zero attached hydrogens (tertiary/aromatic N) is 4. The predicted molar refractivity (Wildman–Crippen MR) is 95.7 cm³/mol. The number of benzene rings is 1. The number of aromatic nitrogens is 2. The van der Waals surface area contributed by atoms with Gasteiger partial charge in [0.25, 0.3) is 0 Å². The monoisotopic (exact) mass is 325 g/mol. The Hall–Kier alpha value is -2.63. The molecule has 2 aromatic rings. The van der Waals surface area contributed by atoms with Crippen molar-refractivity contribution in [2.45, 2.75) is 20.3 Å². The maximum atomic E-state index is 10.8. The summed E-state index contributed by atoms with van der Waals surface area (Å²) in [4.78, 5) is 24.0. The maximum absolute atomic E-state index is 10.8. The molecule has 0 saturated carbocycles. The van der Waals surface area contributed by atoms with E-state index in [1.807, 2.05) is 31.2 Å². The number of hydrogen-bond acceptors (Lipinski definition) is 5. The fourth-order valence-corrected chi connectivity index (χ4v) is 2.90. The number of amides is 1. The van der Waals surface area contributed by atoms with Gasteiger partial charge in [-0.3, -0.25) is 4.79 Å². The highest BCUT2D eigenvalue weighted by molar-refractivity contribution is 5.60. The van der Waals surface area contributed by atoms with Crippen LogP contribution < -0.4 is 10.2 Å². The zero-order valence-electron chi connectivity index (χ0n) is 14.2. The van der Waals surface area contributed by atoms with Gasteiger partial charge in [0.05, 0.1) is 0 Å². The van der Waals surface area contributed by atoms with Gasteiger partial charge in [0.1, 0.15) is 5.82 Å². The Morgan fingerprint density at radius 3 is 2.62 bits per heavy atom. The van der Waals surface area contributed by atoms with E-state index in [0.29, 0.717) is 5.95 Å². The van der Waals surface area contributed by atoms with Crippen molar-refractivity contribution in [3.63, 3.8) is 0 Å². The Bertz CT molecular complexity index is 710. The number of piperazine rings is 1. The lowest BCUT2D eigenvalue weighted by atomic mass is 10.1. The van der Waals surface area contributed by atoms with Crippen molar-refractivity contribution in [2.75, 3.05) is 36.4 Å². The molecule has 1 amide bonds. The highest BCUT2D eigenvalue weighted by Crippen LogP contribution is 2.22. The number of nitrogens with one attached hydrogen (secondary N) is 1. The van der Waals surface area contributed by atoms with Gasteiger partial charge in [-0.25, -0.2) is 4.98 Å². The molecular weight excluding hydrogens is 302 g/mol. The number of para-hydroxylation sites is 1. The number of aryl methyl sites for hydroxylation is 2. The molecule has 126 valence electrons. The first-order valence-corrected chi connectivity index (χ1v) is 8.34. The van der Waals surface area contributed by atoms with Crippen LogP contribution in [0.1, 0.15) is 18.2 Å². The summed E-state index contributed by atoms with van der Waals surface area (Å²) in [6.45, 7) is 7.15. The molecule has 0 spiro atoms. The lowest BCUT2D eigenvalue weighted by molar-refractivity contribution is -0.118. The molecule has 0 aliphatic carbocycles. The molecule has 1 aliphatic rings. The first-order chi connectivity index (χ1) is 11.7. The second kappa shape index (κ2) is 7.29. The van der Waals surface area contributed by atoms with Gasteiger partial charge in [0.2, 0.25) is 12.4 Å². The highest BCUT2D eigenvalue weighted by atomic mass is 16.1. The predicted octanol–water partition coefficient (Wildman–Crippen LogP) is 2.37. The Labute approximate surface area is 142 Å². The van der Waals surface area contributed by atoms with E-state index < -0.39 is 0 Å². The molecule has 3 rings (SSSR count). The van der Waals surface area contributed by atoms with Crippen molar-refractivity contribution < 1.29 is 4.79 Å². The summed E-state index contributed by atoms with van der Waals surface area (Å²) in [7, 11) is 0. The Kier molecular flexibility index (Phi) is 4.93. The first kappa shape index (κ1) is 16.2. The normalized spacial score (nSPS) is 14.6. The van der Waals surface area contributed by atoms with E-state index >= 15 is 0 Å². The molecule has 6 nitrogen and oxygen atoms in total. The van der Waals surface area contributed by atoms with Crippen LogP contribution in [0.15, 0.2) is 30.3 Å². The van der Waals surface area contributed by atoms with Crippen molar-refractivity contribution in [2.24, 2.45) is 0 Å². The smallest absolute Gasteiger partial charge is 0.229 e. The summed E-state index contributed by atoms with van der Waals surface area (Å²) in [6.07, 6.45) is 1.87. The lowest BCUT2D eigenvalue weighted by Crippen LogP contribution is -2.46. The Balaban J connectivity index is 1.80. The molecule has 1 aliphatic heterocycles. The third-order valence-electron chi connectivity index (χ3n) is 4.27. The van der Waals surface area contributed by atoms with Gasteiger partial charge in [0, 0.05) is 43.6 Å². The van der Waals surface area contributed by atoms with Crippen LogP contribution in [0.3, 0.4) is 0 Å². The summed E-state index contributed by atoms with van der Waals surface area (Å²) in [5.74, 6) is 1.52. The summed E-state index contributed by atoms with van der Waals surface area (Å²) in [5, 5.41) is 3.35. The van der Waals surface area contributed by atoms with Gasteiger partial charge in [-0.2, -0.15) is 4.98 Å². The second-order valence-electron chi connectivity index (χ2n) is 5.96. The minimum atomic E-state index is 0.615. The molecule has 0 unspecified atom stereocenters. The molecule has 1 aromatic carbocycles. The molecule has 2 heterocycles.